The second-order valence-corrected chi connectivity index (χ2v) is 9.92. The summed E-state index contributed by atoms with van der Waals surface area (Å²) in [7, 11) is 0. The monoisotopic (exact) mass is 530 g/mol. The number of halogens is 5. The molecule has 0 saturated carbocycles. The van der Waals surface area contributed by atoms with Gasteiger partial charge in [0, 0.05) is 30.8 Å². The Morgan fingerprint density at radius 3 is 2.51 bits per heavy atom. The van der Waals surface area contributed by atoms with E-state index in [1.165, 1.54) is 4.90 Å². The lowest BCUT2D eigenvalue weighted by Gasteiger charge is -2.47. The van der Waals surface area contributed by atoms with E-state index in [-0.39, 0.29) is 24.0 Å². The Kier molecular flexibility index (Phi) is 7.19. The average molecular weight is 530 g/mol. The number of nitrogens with zero attached hydrogens (tertiary/aromatic N) is 4. The van der Waals surface area contributed by atoms with E-state index in [4.69, 9.17) is 9.47 Å². The number of alkyl halides is 5. The lowest BCUT2D eigenvalue weighted by atomic mass is 9.98. The molecule has 4 rings (SSSR count). The van der Waals surface area contributed by atoms with Crippen molar-refractivity contribution < 1.29 is 41.3 Å². The van der Waals surface area contributed by atoms with Crippen LogP contribution in [0.1, 0.15) is 44.7 Å². The van der Waals surface area contributed by atoms with Crippen LogP contribution in [-0.4, -0.2) is 70.3 Å². The van der Waals surface area contributed by atoms with Gasteiger partial charge in [-0.1, -0.05) is 0 Å². The lowest BCUT2D eigenvalue weighted by Crippen LogP contribution is -2.61. The molecule has 2 fully saturated rings. The molecule has 1 N–H and O–H groups in total. The molecular formula is C24H27F5N4O4. The molecule has 37 heavy (non-hydrogen) atoms. The van der Waals surface area contributed by atoms with Gasteiger partial charge < -0.3 is 24.4 Å². The zero-order chi connectivity index (χ0) is 27.1. The van der Waals surface area contributed by atoms with Crippen molar-refractivity contribution in [2.24, 2.45) is 0 Å². The molecule has 1 aromatic carbocycles. The van der Waals surface area contributed by atoms with Crippen LogP contribution >= 0.6 is 0 Å². The number of hydrogen-bond acceptors (Lipinski definition) is 7. The van der Waals surface area contributed by atoms with Gasteiger partial charge in [-0.05, 0) is 51.5 Å². The van der Waals surface area contributed by atoms with Crippen LogP contribution < -0.4 is 4.90 Å². The van der Waals surface area contributed by atoms with Gasteiger partial charge in [-0.15, -0.1) is 10.2 Å². The van der Waals surface area contributed by atoms with Gasteiger partial charge in [-0.2, -0.15) is 13.2 Å². The molecule has 3 heterocycles. The minimum atomic E-state index is -4.71. The standard InChI is InChI=1S/C24H27F5N4O4/c1-23(2,3)37-22(35)32-7-6-18-16(12-32)33(8-9-36-18)19-11-15(21(25)26)20(31-30-19)14-5-4-13(10-17(14)34)24(27,28)29/h4-5,10-11,16,18,21,34H,6-9,12H2,1-3H3/t16-,18+/m1/s1. The van der Waals surface area contributed by atoms with Crippen molar-refractivity contribution in [2.45, 2.75) is 57.5 Å². The zero-order valence-electron chi connectivity index (χ0n) is 20.4. The number of rotatable bonds is 3. The largest absolute Gasteiger partial charge is 0.507 e. The molecule has 2 aliphatic heterocycles. The second kappa shape index (κ2) is 9.92. The average Bonchev–Trinajstić information content (AvgIpc) is 2.81. The minimum absolute atomic E-state index is 0.106. The number of anilines is 1. The van der Waals surface area contributed by atoms with Crippen LogP contribution in [0.4, 0.5) is 32.6 Å². The maximum atomic E-state index is 14.1. The summed E-state index contributed by atoms with van der Waals surface area (Å²) < 4.78 is 78.3. The van der Waals surface area contributed by atoms with E-state index in [1.54, 1.807) is 25.7 Å². The summed E-state index contributed by atoms with van der Waals surface area (Å²) in [4.78, 5) is 15.9. The van der Waals surface area contributed by atoms with Gasteiger partial charge in [0.05, 0.1) is 24.3 Å². The first-order chi connectivity index (χ1) is 17.2. The summed E-state index contributed by atoms with van der Waals surface area (Å²) in [6, 6.07) is 2.73. The number of amides is 1. The van der Waals surface area contributed by atoms with Crippen molar-refractivity contribution in [1.82, 2.24) is 15.1 Å². The fourth-order valence-electron chi connectivity index (χ4n) is 4.47. The molecule has 13 heteroatoms. The van der Waals surface area contributed by atoms with Crippen LogP contribution in [0.2, 0.25) is 0 Å². The third kappa shape index (κ3) is 5.86. The molecule has 8 nitrogen and oxygen atoms in total. The quantitative estimate of drug-likeness (QED) is 0.558. The molecule has 0 unspecified atom stereocenters. The number of likely N-dealkylation sites (tertiary alicyclic amines) is 1. The fourth-order valence-corrected chi connectivity index (χ4v) is 4.47. The second-order valence-electron chi connectivity index (χ2n) is 9.92. The Morgan fingerprint density at radius 2 is 1.89 bits per heavy atom. The molecule has 2 aliphatic rings. The molecule has 0 bridgehead atoms. The van der Waals surface area contributed by atoms with Crippen LogP contribution in [0.3, 0.4) is 0 Å². The number of carbonyl (C=O) groups excluding carboxylic acids is 1. The van der Waals surface area contributed by atoms with Crippen LogP contribution in [0, 0.1) is 0 Å². The van der Waals surface area contributed by atoms with Gasteiger partial charge >= 0.3 is 12.3 Å². The normalized spacial score (nSPS) is 20.7. The Labute approximate surface area is 210 Å². The number of hydrogen-bond donors (Lipinski definition) is 1. The number of piperidine rings is 1. The zero-order valence-corrected chi connectivity index (χ0v) is 20.4. The molecule has 1 aromatic heterocycles. The molecule has 1 amide bonds. The SMILES string of the molecule is CC(C)(C)OC(=O)N1CC[C@@H]2OCCN(c3cc(C(F)F)c(-c4ccc(C(F)(F)F)cc4O)nn3)[C@@H]2C1. The highest BCUT2D eigenvalue weighted by Gasteiger charge is 2.41. The van der Waals surface area contributed by atoms with Crippen LogP contribution in [0.25, 0.3) is 11.3 Å². The smallest absolute Gasteiger partial charge is 0.416 e. The van der Waals surface area contributed by atoms with Crippen molar-refractivity contribution in [1.29, 1.82) is 0 Å². The Hall–Kier alpha value is -3.22. The Balaban J connectivity index is 1.64. The van der Waals surface area contributed by atoms with Gasteiger partial charge in [0.1, 0.15) is 17.0 Å². The number of carbonyl (C=O) groups is 1. The van der Waals surface area contributed by atoms with Crippen molar-refractivity contribution in [2.75, 3.05) is 31.1 Å². The molecule has 2 saturated heterocycles. The van der Waals surface area contributed by atoms with Crippen molar-refractivity contribution in [3.8, 4) is 17.0 Å². The van der Waals surface area contributed by atoms with Gasteiger partial charge in [0.2, 0.25) is 0 Å². The van der Waals surface area contributed by atoms with Crippen molar-refractivity contribution in [3.05, 3.63) is 35.4 Å². The van der Waals surface area contributed by atoms with Crippen LogP contribution in [0.5, 0.6) is 5.75 Å². The summed E-state index contributed by atoms with van der Waals surface area (Å²) in [6.45, 7) is 6.49. The molecule has 0 radical (unpaired) electrons. The number of aromatic nitrogens is 2. The maximum Gasteiger partial charge on any atom is 0.416 e. The van der Waals surface area contributed by atoms with E-state index in [1.807, 2.05) is 0 Å². The summed E-state index contributed by atoms with van der Waals surface area (Å²) >= 11 is 0. The summed E-state index contributed by atoms with van der Waals surface area (Å²) in [5, 5.41) is 18.1. The van der Waals surface area contributed by atoms with Crippen LogP contribution in [0.15, 0.2) is 24.3 Å². The highest BCUT2D eigenvalue weighted by molar-refractivity contribution is 5.71. The highest BCUT2D eigenvalue weighted by atomic mass is 19.4. The number of benzene rings is 1. The lowest BCUT2D eigenvalue weighted by molar-refractivity contribution is -0.137. The van der Waals surface area contributed by atoms with E-state index >= 15 is 0 Å². The number of ether oxygens (including phenoxy) is 2. The highest BCUT2D eigenvalue weighted by Crippen LogP contribution is 2.40. The predicted molar refractivity (Wildman–Crippen MR) is 122 cm³/mol. The first kappa shape index (κ1) is 26.8. The van der Waals surface area contributed by atoms with E-state index in [2.05, 4.69) is 10.2 Å². The minimum Gasteiger partial charge on any atom is -0.507 e. The molecule has 202 valence electrons. The third-order valence-electron chi connectivity index (χ3n) is 6.16. The summed E-state index contributed by atoms with van der Waals surface area (Å²) in [5.74, 6) is -0.736. The van der Waals surface area contributed by atoms with Gasteiger partial charge in [-0.25, -0.2) is 13.6 Å². The number of fused-ring (bicyclic) bond motifs is 1. The van der Waals surface area contributed by atoms with E-state index in [0.29, 0.717) is 38.2 Å². The Morgan fingerprint density at radius 1 is 1.16 bits per heavy atom. The van der Waals surface area contributed by atoms with Gasteiger partial charge in [0.15, 0.2) is 5.82 Å². The van der Waals surface area contributed by atoms with Gasteiger partial charge in [-0.3, -0.25) is 0 Å². The molecule has 0 spiro atoms. The van der Waals surface area contributed by atoms with Gasteiger partial charge in [0.25, 0.3) is 6.43 Å². The first-order valence-corrected chi connectivity index (χ1v) is 11.7. The fraction of sp³-hybridized carbons (Fsp3) is 0.542. The summed E-state index contributed by atoms with van der Waals surface area (Å²) in [5.41, 5.74) is -3.12. The number of aromatic hydroxyl groups is 1. The van der Waals surface area contributed by atoms with Crippen molar-refractivity contribution >= 4 is 11.9 Å². The Bertz CT molecular complexity index is 1150. The molecule has 0 aliphatic carbocycles. The van der Waals surface area contributed by atoms with E-state index in [0.717, 1.165) is 12.1 Å². The van der Waals surface area contributed by atoms with E-state index in [9.17, 15) is 31.9 Å². The number of morpholine rings is 1. The first-order valence-electron chi connectivity index (χ1n) is 11.7. The third-order valence-corrected chi connectivity index (χ3v) is 6.16. The summed E-state index contributed by atoms with van der Waals surface area (Å²) in [6.07, 6.45) is -8.02. The molecular weight excluding hydrogens is 503 g/mol. The number of phenolic OH excluding ortho intramolecular Hbond substituents is 1. The maximum absolute atomic E-state index is 14.1. The predicted octanol–water partition coefficient (Wildman–Crippen LogP) is 5.02. The van der Waals surface area contributed by atoms with Crippen LogP contribution in [-0.2, 0) is 15.7 Å². The molecule has 2 aromatic rings. The molecule has 2 atom stereocenters. The van der Waals surface area contributed by atoms with E-state index < -0.39 is 52.9 Å². The topological polar surface area (TPSA) is 88.0 Å². The number of phenols is 1. The van der Waals surface area contributed by atoms with Crippen molar-refractivity contribution in [3.63, 3.8) is 0 Å².